The molecule has 0 amide bonds. The van der Waals surface area contributed by atoms with E-state index in [4.69, 9.17) is 5.11 Å². The van der Waals surface area contributed by atoms with Crippen LogP contribution in [-0.4, -0.2) is 36.1 Å². The van der Waals surface area contributed by atoms with Crippen molar-refractivity contribution in [3.63, 3.8) is 0 Å². The van der Waals surface area contributed by atoms with E-state index < -0.39 is 41.5 Å². The van der Waals surface area contributed by atoms with Gasteiger partial charge in [0.1, 0.15) is 11.7 Å². The minimum absolute atomic E-state index is 0.213. The summed E-state index contributed by atoms with van der Waals surface area (Å²) in [6.45, 7) is 0. The number of nitrogens with zero attached hydrogens (tertiary/aromatic N) is 3. The number of anilines is 1. The second kappa shape index (κ2) is 5.15. The van der Waals surface area contributed by atoms with Crippen molar-refractivity contribution in [2.24, 2.45) is 0 Å². The van der Waals surface area contributed by atoms with Gasteiger partial charge < -0.3 is 20.6 Å². The zero-order valence-electron chi connectivity index (χ0n) is 11.6. The largest absolute Gasteiger partial charge is 0.504 e. The van der Waals surface area contributed by atoms with Crippen molar-refractivity contribution in [2.75, 3.05) is 5.32 Å². The molecule has 0 aliphatic carbocycles. The fraction of sp³-hybridized carbons (Fsp3) is 0.154. The van der Waals surface area contributed by atoms with Gasteiger partial charge >= 0.3 is 12.1 Å². The number of halogens is 3. The van der Waals surface area contributed by atoms with Crippen LogP contribution in [0.1, 0.15) is 17.4 Å². The van der Waals surface area contributed by atoms with Crippen LogP contribution in [0, 0.1) is 0 Å². The molecule has 2 aromatic rings. The summed E-state index contributed by atoms with van der Waals surface area (Å²) in [5.74, 6) is -4.16. The Hall–Kier alpha value is -3.24. The molecule has 2 heterocycles. The summed E-state index contributed by atoms with van der Waals surface area (Å²) < 4.78 is 39.3. The highest BCUT2D eigenvalue weighted by Crippen LogP contribution is 2.35. The van der Waals surface area contributed by atoms with Gasteiger partial charge in [-0.25, -0.2) is 9.48 Å². The molecule has 1 aromatic carbocycles. The average Bonchev–Trinajstić information content (AvgIpc) is 2.93. The van der Waals surface area contributed by atoms with Crippen LogP contribution in [0.25, 0.3) is 0 Å². The smallest absolute Gasteiger partial charge is 0.453 e. The summed E-state index contributed by atoms with van der Waals surface area (Å²) >= 11 is 0. The van der Waals surface area contributed by atoms with Crippen molar-refractivity contribution >= 4 is 11.9 Å². The number of alkyl halides is 3. The third kappa shape index (κ3) is 2.59. The van der Waals surface area contributed by atoms with Gasteiger partial charge in [0.25, 0.3) is 5.82 Å². The van der Waals surface area contributed by atoms with Crippen LogP contribution in [0.4, 0.5) is 19.1 Å². The molecule has 11 heteroatoms. The highest BCUT2D eigenvalue weighted by Gasteiger charge is 2.39. The van der Waals surface area contributed by atoms with Crippen LogP contribution in [0.3, 0.4) is 0 Å². The SMILES string of the molecule is O=C(O)C1=C[C@H](c2ccc(O)c(O)c2)n2nc(C(F)(F)F)nc2N1. The van der Waals surface area contributed by atoms with Crippen molar-refractivity contribution in [3.05, 3.63) is 41.4 Å². The monoisotopic (exact) mass is 342 g/mol. The van der Waals surface area contributed by atoms with E-state index in [-0.39, 0.29) is 11.3 Å². The molecule has 126 valence electrons. The first-order chi connectivity index (χ1) is 11.2. The lowest BCUT2D eigenvalue weighted by molar-refractivity contribution is -0.145. The minimum Gasteiger partial charge on any atom is -0.504 e. The van der Waals surface area contributed by atoms with Crippen LogP contribution < -0.4 is 5.32 Å². The lowest BCUT2D eigenvalue weighted by Gasteiger charge is -2.22. The van der Waals surface area contributed by atoms with E-state index in [2.05, 4.69) is 15.4 Å². The highest BCUT2D eigenvalue weighted by atomic mass is 19.4. The van der Waals surface area contributed by atoms with Crippen LogP contribution in [0.2, 0.25) is 0 Å². The number of benzene rings is 1. The second-order valence-electron chi connectivity index (χ2n) is 4.90. The van der Waals surface area contributed by atoms with Crippen molar-refractivity contribution in [1.82, 2.24) is 14.8 Å². The number of hydrogen-bond acceptors (Lipinski definition) is 6. The maximum atomic E-state index is 12.8. The lowest BCUT2D eigenvalue weighted by atomic mass is 10.0. The van der Waals surface area contributed by atoms with E-state index in [0.29, 0.717) is 0 Å². The minimum atomic E-state index is -4.81. The highest BCUT2D eigenvalue weighted by molar-refractivity contribution is 5.90. The number of aromatic nitrogens is 3. The first kappa shape index (κ1) is 15.6. The number of hydrogen-bond donors (Lipinski definition) is 4. The molecule has 1 aliphatic heterocycles. The van der Waals surface area contributed by atoms with Gasteiger partial charge in [-0.05, 0) is 23.8 Å². The first-order valence-corrected chi connectivity index (χ1v) is 6.44. The number of allylic oxidation sites excluding steroid dienone is 1. The fourth-order valence-corrected chi connectivity index (χ4v) is 2.20. The Kier molecular flexibility index (Phi) is 3.36. The Morgan fingerprint density at radius 3 is 2.54 bits per heavy atom. The Bertz CT molecular complexity index is 859. The van der Waals surface area contributed by atoms with Crippen molar-refractivity contribution in [3.8, 4) is 11.5 Å². The number of carbonyl (C=O) groups is 1. The van der Waals surface area contributed by atoms with Gasteiger partial charge in [-0.3, -0.25) is 0 Å². The van der Waals surface area contributed by atoms with Gasteiger partial charge in [0.05, 0.1) is 0 Å². The predicted octanol–water partition coefficient (Wildman–Crippen LogP) is 1.69. The zero-order valence-corrected chi connectivity index (χ0v) is 11.6. The maximum absolute atomic E-state index is 12.8. The third-order valence-corrected chi connectivity index (χ3v) is 3.29. The Balaban J connectivity index is 2.15. The Morgan fingerprint density at radius 2 is 1.96 bits per heavy atom. The zero-order chi connectivity index (χ0) is 17.6. The molecule has 8 nitrogen and oxygen atoms in total. The summed E-state index contributed by atoms with van der Waals surface area (Å²) in [4.78, 5) is 14.4. The van der Waals surface area contributed by atoms with Crippen LogP contribution >= 0.6 is 0 Å². The third-order valence-electron chi connectivity index (χ3n) is 3.29. The molecule has 0 saturated carbocycles. The van der Waals surface area contributed by atoms with Crippen molar-refractivity contribution < 1.29 is 33.3 Å². The molecular weight excluding hydrogens is 333 g/mol. The number of aliphatic carboxylic acids is 1. The van der Waals surface area contributed by atoms with E-state index in [0.717, 1.165) is 22.9 Å². The Morgan fingerprint density at radius 1 is 1.25 bits per heavy atom. The van der Waals surface area contributed by atoms with E-state index in [9.17, 15) is 28.2 Å². The number of nitrogens with one attached hydrogen (secondary N) is 1. The number of fused-ring (bicyclic) bond motifs is 1. The summed E-state index contributed by atoms with van der Waals surface area (Å²) in [7, 11) is 0. The van der Waals surface area contributed by atoms with Gasteiger partial charge in [-0.15, -0.1) is 5.10 Å². The molecule has 0 saturated heterocycles. The molecule has 0 spiro atoms. The number of phenolic OH excluding ortho intramolecular Hbond substituents is 2. The number of carboxylic acid groups (broad SMARTS) is 1. The quantitative estimate of drug-likeness (QED) is 0.613. The molecule has 0 bridgehead atoms. The molecule has 0 radical (unpaired) electrons. The standard InChI is InChI=1S/C13H9F3N4O4/c14-13(15,16)11-18-12-17-6(10(23)24)4-7(20(12)19-11)5-1-2-8(21)9(22)3-5/h1-4,7,21-22H,(H,23,24)(H,17,18,19)/t7-/m1/s1. The predicted molar refractivity (Wildman–Crippen MR) is 72.3 cm³/mol. The number of carboxylic acids is 1. The fourth-order valence-electron chi connectivity index (χ4n) is 2.20. The number of rotatable bonds is 2. The molecule has 0 fully saturated rings. The van der Waals surface area contributed by atoms with E-state index in [1.54, 1.807) is 0 Å². The molecule has 1 aromatic heterocycles. The molecule has 4 N–H and O–H groups in total. The lowest BCUT2D eigenvalue weighted by Crippen LogP contribution is -2.24. The van der Waals surface area contributed by atoms with E-state index in [1.807, 2.05) is 0 Å². The molecular formula is C13H9F3N4O4. The van der Waals surface area contributed by atoms with E-state index >= 15 is 0 Å². The van der Waals surface area contributed by atoms with Gasteiger partial charge in [0.15, 0.2) is 11.5 Å². The summed E-state index contributed by atoms with van der Waals surface area (Å²) in [6, 6.07) is 2.48. The normalized spacial score (nSPS) is 17.0. The van der Waals surface area contributed by atoms with Gasteiger partial charge in [-0.2, -0.15) is 18.2 Å². The van der Waals surface area contributed by atoms with E-state index in [1.165, 1.54) is 6.07 Å². The average molecular weight is 342 g/mol. The Labute approximate surface area is 131 Å². The van der Waals surface area contributed by atoms with Crippen LogP contribution in [0.5, 0.6) is 11.5 Å². The first-order valence-electron chi connectivity index (χ1n) is 6.44. The second-order valence-corrected chi connectivity index (χ2v) is 4.90. The van der Waals surface area contributed by atoms with Crippen LogP contribution in [-0.2, 0) is 11.0 Å². The summed E-state index contributed by atoms with van der Waals surface area (Å²) in [5.41, 5.74) is -0.174. The van der Waals surface area contributed by atoms with Gasteiger partial charge in [0.2, 0.25) is 5.95 Å². The number of phenols is 2. The maximum Gasteiger partial charge on any atom is 0.453 e. The van der Waals surface area contributed by atoms with Crippen molar-refractivity contribution in [1.29, 1.82) is 0 Å². The molecule has 3 rings (SSSR count). The van der Waals surface area contributed by atoms with Crippen molar-refractivity contribution in [2.45, 2.75) is 12.2 Å². The summed E-state index contributed by atoms with van der Waals surface area (Å²) in [6.07, 6.45) is -3.69. The molecule has 1 aliphatic rings. The summed E-state index contributed by atoms with van der Waals surface area (Å²) in [5, 5.41) is 33.6. The molecule has 0 unspecified atom stereocenters. The molecule has 24 heavy (non-hydrogen) atoms. The molecule has 1 atom stereocenters. The topological polar surface area (TPSA) is 120 Å². The van der Waals surface area contributed by atoms with Gasteiger partial charge in [0, 0.05) is 0 Å². The number of aromatic hydroxyl groups is 2. The van der Waals surface area contributed by atoms with Crippen LogP contribution in [0.15, 0.2) is 30.0 Å². The van der Waals surface area contributed by atoms with Gasteiger partial charge in [-0.1, -0.05) is 6.07 Å².